The summed E-state index contributed by atoms with van der Waals surface area (Å²) in [7, 11) is 3.62. The highest BCUT2D eigenvalue weighted by Gasteiger charge is 2.41. The zero-order valence-electron chi connectivity index (χ0n) is 17.1. The first-order valence-electron chi connectivity index (χ1n) is 9.80. The number of hydrazine groups is 1. The van der Waals surface area contributed by atoms with Gasteiger partial charge in [-0.3, -0.25) is 25.6 Å². The predicted molar refractivity (Wildman–Crippen MR) is 105 cm³/mol. The Bertz CT molecular complexity index is 665. The van der Waals surface area contributed by atoms with E-state index in [1.807, 2.05) is 21.0 Å². The molecule has 1 heterocycles. The van der Waals surface area contributed by atoms with Crippen LogP contribution in [0.1, 0.15) is 51.8 Å². The van der Waals surface area contributed by atoms with E-state index in [0.717, 1.165) is 32.1 Å². The second kappa shape index (κ2) is 10.2. The molecule has 1 aliphatic carbocycles. The van der Waals surface area contributed by atoms with Crippen molar-refractivity contribution >= 4 is 24.2 Å². The van der Waals surface area contributed by atoms with E-state index in [4.69, 9.17) is 0 Å². The van der Waals surface area contributed by atoms with Gasteiger partial charge in [-0.1, -0.05) is 33.1 Å². The van der Waals surface area contributed by atoms with E-state index in [9.17, 15) is 14.8 Å². The third kappa shape index (κ3) is 5.51. The second-order valence-corrected chi connectivity index (χ2v) is 7.41. The van der Waals surface area contributed by atoms with E-state index in [2.05, 4.69) is 32.7 Å². The highest BCUT2D eigenvalue weighted by Crippen LogP contribution is 2.40. The van der Waals surface area contributed by atoms with Crippen LogP contribution in [0.15, 0.2) is 0 Å². The highest BCUT2D eigenvalue weighted by molar-refractivity contribution is 5.84. The van der Waals surface area contributed by atoms with Crippen molar-refractivity contribution in [1.29, 1.82) is 0 Å². The highest BCUT2D eigenvalue weighted by atomic mass is 16.5. The average Bonchev–Trinajstić information content (AvgIpc) is 2.66. The molecule has 0 radical (unpaired) electrons. The van der Waals surface area contributed by atoms with E-state index in [-0.39, 0.29) is 18.3 Å². The fourth-order valence-electron chi connectivity index (χ4n) is 3.40. The summed E-state index contributed by atoms with van der Waals surface area (Å²) in [6, 6.07) is -0.941. The lowest BCUT2D eigenvalue weighted by atomic mass is 9.69. The molecule has 2 amide bonds. The molecule has 0 bridgehead atoms. The summed E-state index contributed by atoms with van der Waals surface area (Å²) in [5.74, 6) is 1.23. The molecule has 1 unspecified atom stereocenters. The van der Waals surface area contributed by atoms with E-state index in [0.29, 0.717) is 29.2 Å². The molecule has 0 saturated heterocycles. The first kappa shape index (κ1) is 21.8. The Hall–Kier alpha value is -2.49. The maximum Gasteiger partial charge on any atom is 0.264 e. The van der Waals surface area contributed by atoms with Crippen LogP contribution in [0.25, 0.3) is 0 Å². The van der Waals surface area contributed by atoms with Gasteiger partial charge in [0, 0.05) is 20.5 Å². The summed E-state index contributed by atoms with van der Waals surface area (Å²) in [6.45, 7) is 4.07. The van der Waals surface area contributed by atoms with Gasteiger partial charge < -0.3 is 4.90 Å². The van der Waals surface area contributed by atoms with E-state index in [1.165, 1.54) is 0 Å². The number of hydroxylamine groups is 2. The van der Waals surface area contributed by atoms with Gasteiger partial charge in [0.05, 0.1) is 0 Å². The average molecular weight is 393 g/mol. The number of anilines is 2. The molecular weight excluding hydrogens is 362 g/mol. The number of aromatic nitrogens is 3. The molecule has 156 valence electrons. The molecule has 1 aromatic rings. The van der Waals surface area contributed by atoms with Crippen molar-refractivity contribution < 1.29 is 14.8 Å². The third-order valence-corrected chi connectivity index (χ3v) is 5.03. The summed E-state index contributed by atoms with van der Waals surface area (Å²) < 4.78 is 0. The lowest BCUT2D eigenvalue weighted by Gasteiger charge is -2.41. The van der Waals surface area contributed by atoms with Crippen molar-refractivity contribution in [2.75, 3.05) is 24.4 Å². The normalized spacial score (nSPS) is 19.3. The topological polar surface area (TPSA) is 124 Å². The van der Waals surface area contributed by atoms with Crippen molar-refractivity contribution in [3.05, 3.63) is 5.82 Å². The van der Waals surface area contributed by atoms with Crippen molar-refractivity contribution in [2.45, 2.75) is 58.4 Å². The Morgan fingerprint density at radius 3 is 2.57 bits per heavy atom. The van der Waals surface area contributed by atoms with Crippen LogP contribution in [-0.2, 0) is 16.0 Å². The minimum absolute atomic E-state index is 0.0687. The van der Waals surface area contributed by atoms with Gasteiger partial charge >= 0.3 is 0 Å². The summed E-state index contributed by atoms with van der Waals surface area (Å²) >= 11 is 0. The minimum atomic E-state index is -0.941. The second-order valence-electron chi connectivity index (χ2n) is 7.41. The lowest BCUT2D eigenvalue weighted by Crippen LogP contribution is -2.54. The fraction of sp³-hybridized carbons (Fsp3) is 0.722. The van der Waals surface area contributed by atoms with Crippen LogP contribution in [0, 0.1) is 11.8 Å². The van der Waals surface area contributed by atoms with E-state index in [1.54, 1.807) is 4.90 Å². The maximum absolute atomic E-state index is 12.6. The number of nitrogens with one attached hydrogen (secondary N) is 2. The van der Waals surface area contributed by atoms with Crippen LogP contribution in [0.5, 0.6) is 0 Å². The monoisotopic (exact) mass is 393 g/mol. The quantitative estimate of drug-likeness (QED) is 0.293. The number of aryl methyl sites for hydroxylation is 1. The fourth-order valence-corrected chi connectivity index (χ4v) is 3.40. The molecule has 10 nitrogen and oxygen atoms in total. The van der Waals surface area contributed by atoms with Crippen molar-refractivity contribution in [3.63, 3.8) is 0 Å². The van der Waals surface area contributed by atoms with Gasteiger partial charge in [-0.2, -0.15) is 15.0 Å². The number of rotatable bonds is 11. The molecule has 0 aromatic carbocycles. The Kier molecular flexibility index (Phi) is 7.91. The molecule has 3 N–H and O–H groups in total. The van der Waals surface area contributed by atoms with Crippen molar-refractivity contribution in [2.24, 2.45) is 11.8 Å². The van der Waals surface area contributed by atoms with Gasteiger partial charge in [-0.15, -0.1) is 0 Å². The van der Waals surface area contributed by atoms with E-state index < -0.39 is 11.9 Å². The molecule has 2 rings (SSSR count). The number of nitrogens with zero attached hydrogens (tertiary/aromatic N) is 5. The molecule has 1 saturated carbocycles. The molecule has 1 fully saturated rings. The van der Waals surface area contributed by atoms with Crippen LogP contribution >= 0.6 is 0 Å². The van der Waals surface area contributed by atoms with Gasteiger partial charge in [-0.05, 0) is 24.7 Å². The van der Waals surface area contributed by atoms with Gasteiger partial charge in [0.1, 0.15) is 11.9 Å². The zero-order chi connectivity index (χ0) is 20.7. The molecule has 0 spiro atoms. The first-order valence-corrected chi connectivity index (χ1v) is 9.80. The largest absolute Gasteiger partial charge is 0.347 e. The van der Waals surface area contributed by atoms with Crippen LogP contribution in [0.3, 0.4) is 0 Å². The molecule has 1 atom stereocenters. The molecule has 0 aliphatic heterocycles. The smallest absolute Gasteiger partial charge is 0.264 e. The summed E-state index contributed by atoms with van der Waals surface area (Å²) in [6.07, 6.45) is 5.93. The number of carbonyl (C=O) groups excluding carboxylic acids is 2. The summed E-state index contributed by atoms with van der Waals surface area (Å²) in [4.78, 5) is 38.2. The van der Waals surface area contributed by atoms with Crippen LogP contribution in [-0.4, -0.2) is 57.7 Å². The summed E-state index contributed by atoms with van der Waals surface area (Å²) in [5.41, 5.74) is 5.20. The van der Waals surface area contributed by atoms with Gasteiger partial charge in [-0.25, -0.2) is 5.06 Å². The SMILES string of the molecule is CCCCC1CC(C(C(=O)NNc2nc(CC)nc(N(C)C)n2)N(O)C=O)C1. The third-order valence-electron chi connectivity index (χ3n) is 5.03. The predicted octanol–water partition coefficient (Wildman–Crippen LogP) is 1.38. The van der Waals surface area contributed by atoms with Crippen LogP contribution < -0.4 is 15.8 Å². The van der Waals surface area contributed by atoms with Gasteiger partial charge in [0.25, 0.3) is 5.91 Å². The van der Waals surface area contributed by atoms with E-state index >= 15 is 0 Å². The standard InChI is InChI=1S/C18H31N7O3/c1-5-7-8-12-9-13(10-12)15(25(28)11-26)16(27)22-23-17-19-14(6-2)20-18(21-17)24(3)4/h11-13,15,28H,5-10H2,1-4H3,(H,22,27)(H,19,20,21,23). The Morgan fingerprint density at radius 1 is 1.29 bits per heavy atom. The van der Waals surface area contributed by atoms with Gasteiger partial charge in [0.2, 0.25) is 18.3 Å². The van der Waals surface area contributed by atoms with Crippen molar-refractivity contribution in [1.82, 2.24) is 25.4 Å². The summed E-state index contributed by atoms with van der Waals surface area (Å²) in [5, 5.41) is 10.4. The molecular formula is C18H31N7O3. The zero-order valence-corrected chi connectivity index (χ0v) is 17.1. The maximum atomic E-state index is 12.6. The Balaban J connectivity index is 2.00. The molecule has 1 aromatic heterocycles. The molecule has 28 heavy (non-hydrogen) atoms. The first-order chi connectivity index (χ1) is 13.4. The Morgan fingerprint density at radius 2 is 2.00 bits per heavy atom. The number of amides is 2. The lowest BCUT2D eigenvalue weighted by molar-refractivity contribution is -0.177. The molecule has 1 aliphatic rings. The van der Waals surface area contributed by atoms with Crippen LogP contribution in [0.2, 0.25) is 0 Å². The van der Waals surface area contributed by atoms with Crippen LogP contribution in [0.4, 0.5) is 11.9 Å². The Labute approximate surface area is 165 Å². The number of hydrogen-bond donors (Lipinski definition) is 3. The molecule has 10 heteroatoms. The van der Waals surface area contributed by atoms with Gasteiger partial charge in [0.15, 0.2) is 0 Å². The number of unbranched alkanes of at least 4 members (excludes halogenated alkanes) is 1. The number of hydrogen-bond acceptors (Lipinski definition) is 8. The number of carbonyl (C=O) groups is 2. The van der Waals surface area contributed by atoms with Crippen molar-refractivity contribution in [3.8, 4) is 0 Å². The minimum Gasteiger partial charge on any atom is -0.347 e.